The summed E-state index contributed by atoms with van der Waals surface area (Å²) < 4.78 is 0. The Hall–Kier alpha value is -0.980. The van der Waals surface area contributed by atoms with Gasteiger partial charge >= 0.3 is 0 Å². The highest BCUT2D eigenvalue weighted by Gasteiger charge is 2.11. The molecule has 23 heavy (non-hydrogen) atoms. The van der Waals surface area contributed by atoms with Crippen molar-refractivity contribution in [2.24, 2.45) is 0 Å². The van der Waals surface area contributed by atoms with Gasteiger partial charge < -0.3 is 5.11 Å². The van der Waals surface area contributed by atoms with Crippen LogP contribution in [0.25, 0.3) is 0 Å². The molecule has 0 aliphatic carbocycles. The molecule has 0 radical (unpaired) electrons. The van der Waals surface area contributed by atoms with Crippen molar-refractivity contribution < 1.29 is 5.11 Å². The number of rotatable bonds is 14. The summed E-state index contributed by atoms with van der Waals surface area (Å²) in [7, 11) is 0. The van der Waals surface area contributed by atoms with Crippen LogP contribution in [-0.4, -0.2) is 5.11 Å². The molecule has 1 atom stereocenters. The maximum Gasteiger partial charge on any atom is 0.115 e. The first-order chi connectivity index (χ1) is 11.3. The largest absolute Gasteiger partial charge is 0.508 e. The molecule has 0 aromatic heterocycles. The van der Waals surface area contributed by atoms with E-state index in [1.807, 2.05) is 12.1 Å². The molecule has 1 rings (SSSR count). The van der Waals surface area contributed by atoms with E-state index < -0.39 is 0 Å². The molecule has 0 heterocycles. The van der Waals surface area contributed by atoms with Crippen LogP contribution in [0.3, 0.4) is 0 Å². The topological polar surface area (TPSA) is 20.2 Å². The van der Waals surface area contributed by atoms with Crippen molar-refractivity contribution in [3.05, 3.63) is 29.8 Å². The third-order valence-electron chi connectivity index (χ3n) is 4.93. The van der Waals surface area contributed by atoms with Crippen LogP contribution in [0.4, 0.5) is 0 Å². The Morgan fingerprint density at radius 2 is 1.09 bits per heavy atom. The van der Waals surface area contributed by atoms with Gasteiger partial charge in [-0.3, -0.25) is 0 Å². The average Bonchev–Trinajstić information content (AvgIpc) is 2.57. The second-order valence-electron chi connectivity index (χ2n) is 7.05. The highest BCUT2D eigenvalue weighted by molar-refractivity contribution is 5.28. The molecule has 0 aliphatic rings. The van der Waals surface area contributed by atoms with Crippen LogP contribution >= 0.6 is 0 Å². The number of phenolic OH excluding ortho intramolecular Hbond substituents is 1. The molecular formula is C22H38O. The second kappa shape index (κ2) is 13.5. The standard InChI is InChI=1S/C22H38O/c1-3-5-7-9-10-11-13-15-20(14-12-8-6-4-2)21-16-18-22(23)19-17-21/h16-20,23H,3-15H2,1-2H3. The van der Waals surface area contributed by atoms with Crippen LogP contribution < -0.4 is 0 Å². The Balaban J connectivity index is 2.33. The van der Waals surface area contributed by atoms with Crippen LogP contribution in [0.2, 0.25) is 0 Å². The quantitative estimate of drug-likeness (QED) is 0.350. The number of aromatic hydroxyl groups is 1. The zero-order valence-electron chi connectivity index (χ0n) is 15.5. The van der Waals surface area contributed by atoms with E-state index in [1.54, 1.807) is 0 Å². The SMILES string of the molecule is CCCCCCCCCC(CCCCCC)c1ccc(O)cc1. The fourth-order valence-electron chi connectivity index (χ4n) is 3.39. The van der Waals surface area contributed by atoms with E-state index in [0.717, 1.165) is 0 Å². The van der Waals surface area contributed by atoms with Gasteiger partial charge in [-0.2, -0.15) is 0 Å². The molecule has 132 valence electrons. The Morgan fingerprint density at radius 1 is 0.652 bits per heavy atom. The highest BCUT2D eigenvalue weighted by Crippen LogP contribution is 2.29. The zero-order valence-corrected chi connectivity index (χ0v) is 15.5. The maximum atomic E-state index is 9.50. The van der Waals surface area contributed by atoms with E-state index in [4.69, 9.17) is 0 Å². The lowest BCUT2D eigenvalue weighted by Crippen LogP contribution is -1.99. The van der Waals surface area contributed by atoms with Crippen LogP contribution in [0, 0.1) is 0 Å². The van der Waals surface area contributed by atoms with Crippen LogP contribution in [0.15, 0.2) is 24.3 Å². The van der Waals surface area contributed by atoms with Crippen LogP contribution in [0.1, 0.15) is 109 Å². The third-order valence-corrected chi connectivity index (χ3v) is 4.93. The summed E-state index contributed by atoms with van der Waals surface area (Å²) in [6, 6.07) is 7.94. The molecule has 0 saturated heterocycles. The van der Waals surface area contributed by atoms with Gasteiger partial charge in [0.15, 0.2) is 0 Å². The Morgan fingerprint density at radius 3 is 1.61 bits per heavy atom. The lowest BCUT2D eigenvalue weighted by Gasteiger charge is -2.17. The van der Waals surface area contributed by atoms with Crippen molar-refractivity contribution in [3.63, 3.8) is 0 Å². The number of phenols is 1. The normalized spacial score (nSPS) is 12.4. The molecule has 0 spiro atoms. The van der Waals surface area contributed by atoms with E-state index in [-0.39, 0.29) is 0 Å². The minimum atomic E-state index is 0.384. The summed E-state index contributed by atoms with van der Waals surface area (Å²) in [5, 5.41) is 9.50. The predicted molar refractivity (Wildman–Crippen MR) is 102 cm³/mol. The van der Waals surface area contributed by atoms with Crippen LogP contribution in [-0.2, 0) is 0 Å². The average molecular weight is 319 g/mol. The van der Waals surface area contributed by atoms with Gasteiger partial charge in [0.25, 0.3) is 0 Å². The molecule has 0 saturated carbocycles. The van der Waals surface area contributed by atoms with Gasteiger partial charge in [0, 0.05) is 0 Å². The minimum Gasteiger partial charge on any atom is -0.508 e. The summed E-state index contributed by atoms with van der Waals surface area (Å²) in [6.45, 7) is 4.55. The monoisotopic (exact) mass is 318 g/mol. The molecule has 1 nitrogen and oxygen atoms in total. The van der Waals surface area contributed by atoms with Crippen LogP contribution in [0.5, 0.6) is 5.75 Å². The van der Waals surface area contributed by atoms with E-state index in [1.165, 1.54) is 89.0 Å². The Labute approximate surface area is 144 Å². The molecule has 0 bridgehead atoms. The molecule has 1 N–H and O–H groups in total. The number of hydrogen-bond acceptors (Lipinski definition) is 1. The summed E-state index contributed by atoms with van der Waals surface area (Å²) in [4.78, 5) is 0. The van der Waals surface area contributed by atoms with Gasteiger partial charge in [-0.1, -0.05) is 96.6 Å². The van der Waals surface area contributed by atoms with E-state index in [0.29, 0.717) is 11.7 Å². The number of benzene rings is 1. The summed E-state index contributed by atoms with van der Waals surface area (Å²) in [6.07, 6.45) is 17.7. The number of hydrogen-bond donors (Lipinski definition) is 1. The smallest absolute Gasteiger partial charge is 0.115 e. The van der Waals surface area contributed by atoms with Crippen molar-refractivity contribution in [2.75, 3.05) is 0 Å². The van der Waals surface area contributed by atoms with Gasteiger partial charge in [0.2, 0.25) is 0 Å². The first kappa shape index (κ1) is 20.1. The van der Waals surface area contributed by atoms with Crippen molar-refractivity contribution >= 4 is 0 Å². The molecule has 1 heteroatoms. The van der Waals surface area contributed by atoms with E-state index in [2.05, 4.69) is 26.0 Å². The summed E-state index contributed by atoms with van der Waals surface area (Å²) in [5.41, 5.74) is 1.42. The summed E-state index contributed by atoms with van der Waals surface area (Å²) in [5.74, 6) is 1.07. The first-order valence-corrected chi connectivity index (χ1v) is 10.1. The van der Waals surface area contributed by atoms with Gasteiger partial charge in [-0.25, -0.2) is 0 Å². The predicted octanol–water partition coefficient (Wildman–Crippen LogP) is 7.59. The number of unbranched alkanes of at least 4 members (excludes halogenated alkanes) is 9. The molecule has 1 aromatic rings. The molecule has 1 unspecified atom stereocenters. The molecule has 1 aromatic carbocycles. The van der Waals surface area contributed by atoms with Gasteiger partial charge in [0.1, 0.15) is 5.75 Å². The third kappa shape index (κ3) is 9.69. The lowest BCUT2D eigenvalue weighted by atomic mass is 9.88. The maximum absolute atomic E-state index is 9.50. The first-order valence-electron chi connectivity index (χ1n) is 10.1. The van der Waals surface area contributed by atoms with Crippen molar-refractivity contribution in [2.45, 2.75) is 103 Å². The van der Waals surface area contributed by atoms with E-state index in [9.17, 15) is 5.11 Å². The highest BCUT2D eigenvalue weighted by atomic mass is 16.3. The molecule has 0 fully saturated rings. The van der Waals surface area contributed by atoms with Crippen molar-refractivity contribution in [1.82, 2.24) is 0 Å². The minimum absolute atomic E-state index is 0.384. The van der Waals surface area contributed by atoms with Crippen molar-refractivity contribution in [1.29, 1.82) is 0 Å². The Bertz CT molecular complexity index is 368. The van der Waals surface area contributed by atoms with Gasteiger partial charge in [-0.05, 0) is 36.5 Å². The molecule has 0 aliphatic heterocycles. The van der Waals surface area contributed by atoms with Gasteiger partial charge in [-0.15, -0.1) is 0 Å². The lowest BCUT2D eigenvalue weighted by molar-refractivity contribution is 0.471. The fourth-order valence-corrected chi connectivity index (χ4v) is 3.39. The second-order valence-corrected chi connectivity index (χ2v) is 7.05. The van der Waals surface area contributed by atoms with Gasteiger partial charge in [0.05, 0.1) is 0 Å². The molecule has 0 amide bonds. The summed E-state index contributed by atoms with van der Waals surface area (Å²) >= 11 is 0. The fraction of sp³-hybridized carbons (Fsp3) is 0.727. The zero-order chi connectivity index (χ0) is 16.8. The van der Waals surface area contributed by atoms with Crippen molar-refractivity contribution in [3.8, 4) is 5.75 Å². The Kier molecular flexibility index (Phi) is 11.7. The molecular weight excluding hydrogens is 280 g/mol. The van der Waals surface area contributed by atoms with E-state index >= 15 is 0 Å².